The molecule has 0 unspecified atom stereocenters. The lowest BCUT2D eigenvalue weighted by Crippen LogP contribution is -3.00. The highest BCUT2D eigenvalue weighted by atomic mass is 35.5. The van der Waals surface area contributed by atoms with Crippen LogP contribution in [-0.2, 0) is 0 Å². The van der Waals surface area contributed by atoms with E-state index in [4.69, 9.17) is 0 Å². The zero-order valence-electron chi connectivity index (χ0n) is 19.3. The van der Waals surface area contributed by atoms with E-state index >= 15 is 0 Å². The predicted molar refractivity (Wildman–Crippen MR) is 136 cm³/mol. The van der Waals surface area contributed by atoms with Crippen molar-refractivity contribution in [2.45, 2.75) is 44.1 Å². The maximum atomic E-state index is 4.14. The van der Waals surface area contributed by atoms with Crippen molar-refractivity contribution in [2.24, 2.45) is 0 Å². The normalized spacial score (nSPS) is 16.5. The molecular weight excluding hydrogens is 398 g/mol. The van der Waals surface area contributed by atoms with Gasteiger partial charge in [-0.25, -0.2) is 0 Å². The summed E-state index contributed by atoms with van der Waals surface area (Å²) < 4.78 is 0.733. The fourth-order valence-corrected chi connectivity index (χ4v) is 5.32. The van der Waals surface area contributed by atoms with Crippen LogP contribution in [0, 0.1) is 0 Å². The summed E-state index contributed by atoms with van der Waals surface area (Å²) in [6.45, 7) is 34.4. The van der Waals surface area contributed by atoms with Gasteiger partial charge in [0.2, 0.25) is 0 Å². The van der Waals surface area contributed by atoms with Gasteiger partial charge in [0.25, 0.3) is 0 Å². The highest BCUT2D eigenvalue weighted by molar-refractivity contribution is 5.48. The Bertz CT molecular complexity index is 689. The largest absolute Gasteiger partial charge is 1.00 e. The van der Waals surface area contributed by atoms with E-state index in [-0.39, 0.29) is 17.9 Å². The molecule has 2 heteroatoms. The molecule has 0 aromatic rings. The van der Waals surface area contributed by atoms with Gasteiger partial charge in [-0.3, -0.25) is 4.48 Å². The van der Waals surface area contributed by atoms with Crippen molar-refractivity contribution in [3.05, 3.63) is 124 Å². The van der Waals surface area contributed by atoms with Gasteiger partial charge in [0.1, 0.15) is 24.3 Å². The first-order chi connectivity index (χ1) is 14.5. The highest BCUT2D eigenvalue weighted by Crippen LogP contribution is 2.53. The van der Waals surface area contributed by atoms with Crippen LogP contribution < -0.4 is 12.4 Å². The molecule has 1 aliphatic heterocycles. The number of quaternary nitrogens is 1. The molecule has 0 saturated carbocycles. The first kappa shape index (κ1) is 28.6. The Morgan fingerprint density at radius 1 is 0.548 bits per heavy atom. The minimum absolute atomic E-state index is 0. The van der Waals surface area contributed by atoms with Crippen LogP contribution in [0.4, 0.5) is 0 Å². The van der Waals surface area contributed by atoms with Gasteiger partial charge in [0.15, 0.2) is 0 Å². The molecule has 0 aliphatic carbocycles. The van der Waals surface area contributed by atoms with Gasteiger partial charge in [-0.05, 0) is 42.6 Å². The fourth-order valence-electron chi connectivity index (χ4n) is 5.32. The Kier molecular flexibility index (Phi) is 12.8. The van der Waals surface area contributed by atoms with Gasteiger partial charge in [0, 0.05) is 24.8 Å². The predicted octanol–water partition coefficient (Wildman–Crippen LogP) is 4.94. The van der Waals surface area contributed by atoms with Crippen LogP contribution in [-0.4, -0.2) is 23.1 Å². The van der Waals surface area contributed by atoms with Crippen LogP contribution in [0.3, 0.4) is 0 Å². The lowest BCUT2D eigenvalue weighted by atomic mass is 9.69. The van der Waals surface area contributed by atoms with Gasteiger partial charge in [0.05, 0.1) is 0 Å². The first-order valence-corrected chi connectivity index (χ1v) is 10.7. The molecule has 31 heavy (non-hydrogen) atoms. The molecule has 0 bridgehead atoms. The highest BCUT2D eigenvalue weighted by Gasteiger charge is 2.56. The van der Waals surface area contributed by atoms with E-state index < -0.39 is 0 Å². The third-order valence-electron chi connectivity index (χ3n) is 6.20. The number of rotatable bonds is 16. The summed E-state index contributed by atoms with van der Waals surface area (Å²) in [6.07, 6.45) is 21.0. The average Bonchev–Trinajstić information content (AvgIpc) is 2.72. The van der Waals surface area contributed by atoms with E-state index in [2.05, 4.69) is 52.6 Å². The van der Waals surface area contributed by atoms with Crippen molar-refractivity contribution in [3.63, 3.8) is 0 Å². The van der Waals surface area contributed by atoms with E-state index in [1.165, 1.54) is 22.4 Å². The van der Waals surface area contributed by atoms with Gasteiger partial charge in [-0.2, -0.15) is 0 Å². The zero-order valence-corrected chi connectivity index (χ0v) is 20.0. The lowest BCUT2D eigenvalue weighted by molar-refractivity contribution is -0.928. The van der Waals surface area contributed by atoms with E-state index in [9.17, 15) is 0 Å². The fraction of sp³-hybridized carbons (Fsp3) is 0.310. The molecule has 0 fully saturated rings. The van der Waals surface area contributed by atoms with Gasteiger partial charge >= 0.3 is 0 Å². The van der Waals surface area contributed by atoms with Crippen molar-refractivity contribution >= 4 is 0 Å². The monoisotopic (exact) mass is 437 g/mol. The zero-order chi connectivity index (χ0) is 22.6. The molecule has 168 valence electrons. The summed E-state index contributed by atoms with van der Waals surface area (Å²) in [7, 11) is 0. The molecule has 0 N–H and O–H groups in total. The maximum absolute atomic E-state index is 4.14. The molecule has 1 nitrogen and oxygen atoms in total. The Labute approximate surface area is 197 Å². The minimum Gasteiger partial charge on any atom is -1.00 e. The summed E-state index contributed by atoms with van der Waals surface area (Å²) in [4.78, 5) is 0. The molecule has 0 amide bonds. The molecule has 1 rings (SSSR count). The van der Waals surface area contributed by atoms with E-state index in [0.29, 0.717) is 0 Å². The van der Waals surface area contributed by atoms with Crippen LogP contribution >= 0.6 is 0 Å². The quantitative estimate of drug-likeness (QED) is 0.237. The van der Waals surface area contributed by atoms with Crippen LogP contribution in [0.2, 0.25) is 0 Å². The number of halogens is 1. The molecule has 0 spiro atoms. The van der Waals surface area contributed by atoms with Crippen molar-refractivity contribution < 1.29 is 16.9 Å². The summed E-state index contributed by atoms with van der Waals surface area (Å²) in [5, 5.41) is 0. The molecule has 0 aromatic carbocycles. The summed E-state index contributed by atoms with van der Waals surface area (Å²) in [5.41, 5.74) is 5.21. The summed E-state index contributed by atoms with van der Waals surface area (Å²) in [6, 6.07) is 0. The van der Waals surface area contributed by atoms with Gasteiger partial charge in [-0.15, -0.1) is 39.5 Å². The molecule has 1 aliphatic rings. The molecule has 0 radical (unpaired) electrons. The molecule has 0 saturated heterocycles. The Morgan fingerprint density at radius 3 is 1.39 bits per heavy atom. The summed E-state index contributed by atoms with van der Waals surface area (Å²) in [5.74, 6) is 0. The third-order valence-corrected chi connectivity index (χ3v) is 6.20. The van der Waals surface area contributed by atoms with Crippen LogP contribution in [0.25, 0.3) is 0 Å². The lowest BCUT2D eigenvalue weighted by Gasteiger charge is -2.57. The topological polar surface area (TPSA) is 0 Å². The van der Waals surface area contributed by atoms with Crippen LogP contribution in [0.5, 0.6) is 0 Å². The maximum Gasteiger partial charge on any atom is 0.133 e. The minimum atomic E-state index is -0.235. The van der Waals surface area contributed by atoms with Crippen LogP contribution in [0.15, 0.2) is 124 Å². The Hall–Kier alpha value is -2.35. The number of hydrogen-bond donors (Lipinski definition) is 0. The Morgan fingerprint density at radius 2 is 1.00 bits per heavy atom. The van der Waals surface area contributed by atoms with Crippen molar-refractivity contribution in [3.8, 4) is 0 Å². The van der Waals surface area contributed by atoms with Crippen molar-refractivity contribution in [1.82, 2.24) is 0 Å². The molecule has 0 aromatic heterocycles. The standard InChI is InChI=1S/C29H40N.ClH/c1-9-17-25-26(18-10-2)28(20-12-4)30(23-15-7,24-16-8)29(21-13-5,22-14-6)27(25)19-11-3;/h9-16H,1-8,17-24H2;1H/q+1;/p-1. The smallest absolute Gasteiger partial charge is 0.133 e. The van der Waals surface area contributed by atoms with Crippen molar-refractivity contribution in [2.75, 3.05) is 13.1 Å². The third kappa shape index (κ3) is 5.29. The molecule has 0 atom stereocenters. The SMILES string of the molecule is C=CCC1=C(CC=C)C(CC=C)(CC=C)[N+](CC=C)(CC=C)C(CC=C)=C1CC=C.[Cl-]. The Balaban J connectivity index is 0.00000900. The first-order valence-electron chi connectivity index (χ1n) is 10.7. The van der Waals surface area contributed by atoms with E-state index in [1.807, 2.05) is 48.6 Å². The number of hydrogen-bond acceptors (Lipinski definition) is 0. The van der Waals surface area contributed by atoms with Gasteiger partial charge < -0.3 is 12.4 Å². The van der Waals surface area contributed by atoms with Crippen molar-refractivity contribution in [1.29, 1.82) is 0 Å². The van der Waals surface area contributed by atoms with E-state index in [0.717, 1.165) is 56.1 Å². The van der Waals surface area contributed by atoms with Gasteiger partial charge in [-0.1, -0.05) is 49.6 Å². The van der Waals surface area contributed by atoms with Crippen LogP contribution in [0.1, 0.15) is 38.5 Å². The molecule has 1 heterocycles. The second-order valence-electron chi connectivity index (χ2n) is 7.78. The number of nitrogens with zero attached hydrogens (tertiary/aromatic N) is 1. The second kappa shape index (κ2) is 13.9. The second-order valence-corrected chi connectivity index (χ2v) is 7.78. The number of allylic oxidation sites excluding steroid dienone is 6. The average molecular weight is 438 g/mol. The molecular formula is C29H40ClN. The van der Waals surface area contributed by atoms with E-state index in [1.54, 1.807) is 0 Å². The summed E-state index contributed by atoms with van der Waals surface area (Å²) >= 11 is 0.